The molecule has 1 heterocycles. The molecule has 122 valence electrons. The van der Waals surface area contributed by atoms with Crippen molar-refractivity contribution in [3.63, 3.8) is 0 Å². The van der Waals surface area contributed by atoms with E-state index >= 15 is 0 Å². The van der Waals surface area contributed by atoms with Crippen molar-refractivity contribution in [1.29, 1.82) is 0 Å². The summed E-state index contributed by atoms with van der Waals surface area (Å²) in [5.74, 6) is 1.48. The van der Waals surface area contributed by atoms with Crippen molar-refractivity contribution in [3.05, 3.63) is 58.6 Å². The largest absolute Gasteiger partial charge is 0.457 e. The molecule has 6 heteroatoms. The highest BCUT2D eigenvalue weighted by molar-refractivity contribution is 9.10. The van der Waals surface area contributed by atoms with E-state index in [9.17, 15) is 4.79 Å². The van der Waals surface area contributed by atoms with Crippen LogP contribution in [0.1, 0.15) is 16.8 Å². The SMILES string of the molecule is Cl.N[C@@H]1CCN(C(=O)c2ccc(Oc3cccc(Br)c3)cc2)C1. The number of carbonyl (C=O) groups is 1. The normalized spacial score (nSPS) is 16.8. The molecule has 23 heavy (non-hydrogen) atoms. The van der Waals surface area contributed by atoms with E-state index in [0.717, 1.165) is 23.2 Å². The van der Waals surface area contributed by atoms with E-state index in [1.54, 1.807) is 17.0 Å². The Hall–Kier alpha value is -1.56. The summed E-state index contributed by atoms with van der Waals surface area (Å²) in [6, 6.07) is 14.9. The highest BCUT2D eigenvalue weighted by atomic mass is 79.9. The number of likely N-dealkylation sites (tertiary alicyclic amines) is 1. The van der Waals surface area contributed by atoms with Crippen molar-refractivity contribution in [1.82, 2.24) is 4.90 Å². The van der Waals surface area contributed by atoms with Crippen LogP contribution in [0.15, 0.2) is 53.0 Å². The lowest BCUT2D eigenvalue weighted by Crippen LogP contribution is -2.31. The van der Waals surface area contributed by atoms with E-state index < -0.39 is 0 Å². The van der Waals surface area contributed by atoms with Crippen LogP contribution in [0.5, 0.6) is 11.5 Å². The van der Waals surface area contributed by atoms with E-state index in [-0.39, 0.29) is 24.4 Å². The molecule has 4 nitrogen and oxygen atoms in total. The minimum absolute atomic E-state index is 0. The smallest absolute Gasteiger partial charge is 0.253 e. The number of ether oxygens (including phenoxy) is 1. The van der Waals surface area contributed by atoms with Gasteiger partial charge in [0, 0.05) is 29.2 Å². The second kappa shape index (κ2) is 7.81. The van der Waals surface area contributed by atoms with Gasteiger partial charge < -0.3 is 15.4 Å². The third-order valence-corrected chi connectivity index (χ3v) is 4.14. The number of rotatable bonds is 3. The molecule has 0 saturated carbocycles. The molecular weight excluding hydrogens is 380 g/mol. The van der Waals surface area contributed by atoms with Crippen LogP contribution in [0.4, 0.5) is 0 Å². The van der Waals surface area contributed by atoms with Crippen molar-refractivity contribution in [2.45, 2.75) is 12.5 Å². The number of nitrogens with two attached hydrogens (primary N) is 1. The van der Waals surface area contributed by atoms with Gasteiger partial charge in [-0.05, 0) is 48.9 Å². The van der Waals surface area contributed by atoms with Gasteiger partial charge in [-0.25, -0.2) is 0 Å². The van der Waals surface area contributed by atoms with Gasteiger partial charge in [-0.1, -0.05) is 22.0 Å². The molecule has 0 bridgehead atoms. The Morgan fingerprint density at radius 1 is 1.17 bits per heavy atom. The molecule has 0 spiro atoms. The van der Waals surface area contributed by atoms with E-state index in [1.807, 2.05) is 36.4 Å². The van der Waals surface area contributed by atoms with Gasteiger partial charge in [-0.3, -0.25) is 4.79 Å². The first-order valence-corrected chi connectivity index (χ1v) is 7.99. The number of nitrogens with zero attached hydrogens (tertiary/aromatic N) is 1. The zero-order valence-electron chi connectivity index (χ0n) is 12.4. The quantitative estimate of drug-likeness (QED) is 0.856. The molecule has 1 amide bonds. The van der Waals surface area contributed by atoms with Crippen LogP contribution < -0.4 is 10.5 Å². The van der Waals surface area contributed by atoms with Crippen molar-refractivity contribution in [2.24, 2.45) is 5.73 Å². The fraction of sp³-hybridized carbons (Fsp3) is 0.235. The first kappa shape index (κ1) is 17.8. The molecule has 0 aromatic heterocycles. The second-order valence-corrected chi connectivity index (χ2v) is 6.30. The first-order chi connectivity index (χ1) is 10.6. The van der Waals surface area contributed by atoms with Crippen LogP contribution in [0.3, 0.4) is 0 Å². The lowest BCUT2D eigenvalue weighted by Gasteiger charge is -2.16. The van der Waals surface area contributed by atoms with Crippen LogP contribution >= 0.6 is 28.3 Å². The first-order valence-electron chi connectivity index (χ1n) is 7.20. The number of carbonyl (C=O) groups excluding carboxylic acids is 1. The highest BCUT2D eigenvalue weighted by Crippen LogP contribution is 2.25. The van der Waals surface area contributed by atoms with E-state index in [4.69, 9.17) is 10.5 Å². The summed E-state index contributed by atoms with van der Waals surface area (Å²) in [5.41, 5.74) is 6.51. The minimum atomic E-state index is 0. The lowest BCUT2D eigenvalue weighted by molar-refractivity contribution is 0.0791. The molecule has 0 unspecified atom stereocenters. The molecule has 2 aromatic rings. The fourth-order valence-corrected chi connectivity index (χ4v) is 2.86. The van der Waals surface area contributed by atoms with Crippen molar-refractivity contribution in [2.75, 3.05) is 13.1 Å². The molecule has 1 fully saturated rings. The van der Waals surface area contributed by atoms with Crippen molar-refractivity contribution in [3.8, 4) is 11.5 Å². The summed E-state index contributed by atoms with van der Waals surface area (Å²) in [6.07, 6.45) is 0.871. The third kappa shape index (κ3) is 4.47. The van der Waals surface area contributed by atoms with Crippen LogP contribution in [0.25, 0.3) is 0 Å². The summed E-state index contributed by atoms with van der Waals surface area (Å²) < 4.78 is 6.72. The molecule has 1 atom stereocenters. The summed E-state index contributed by atoms with van der Waals surface area (Å²) in [4.78, 5) is 14.1. The molecule has 1 saturated heterocycles. The maximum Gasteiger partial charge on any atom is 0.253 e. The molecule has 0 aliphatic carbocycles. The van der Waals surface area contributed by atoms with E-state index in [2.05, 4.69) is 15.9 Å². The van der Waals surface area contributed by atoms with Crippen molar-refractivity contribution >= 4 is 34.2 Å². The highest BCUT2D eigenvalue weighted by Gasteiger charge is 2.24. The van der Waals surface area contributed by atoms with Gasteiger partial charge in [0.15, 0.2) is 0 Å². The van der Waals surface area contributed by atoms with E-state index in [1.165, 1.54) is 0 Å². The summed E-state index contributed by atoms with van der Waals surface area (Å²) in [5, 5.41) is 0. The topological polar surface area (TPSA) is 55.6 Å². The standard InChI is InChI=1S/C17H17BrN2O2.ClH/c18-13-2-1-3-16(10-13)22-15-6-4-12(5-7-15)17(21)20-9-8-14(19)11-20;/h1-7,10,14H,8-9,11,19H2;1H/t14-;/m1./s1. The predicted octanol–water partition coefficient (Wildman–Crippen LogP) is 3.84. The Bertz CT molecular complexity index is 679. The Kier molecular flexibility index (Phi) is 6.04. The zero-order chi connectivity index (χ0) is 15.5. The van der Waals surface area contributed by atoms with Crippen LogP contribution in [0, 0.1) is 0 Å². The maximum absolute atomic E-state index is 12.3. The Morgan fingerprint density at radius 2 is 1.91 bits per heavy atom. The Labute approximate surface area is 150 Å². The van der Waals surface area contributed by atoms with Crippen LogP contribution in [0.2, 0.25) is 0 Å². The van der Waals surface area contributed by atoms with Gasteiger partial charge in [0.25, 0.3) is 5.91 Å². The monoisotopic (exact) mass is 396 g/mol. The number of amides is 1. The van der Waals surface area contributed by atoms with Gasteiger partial charge in [0.2, 0.25) is 0 Å². The minimum Gasteiger partial charge on any atom is -0.457 e. The van der Waals surface area contributed by atoms with Gasteiger partial charge in [0.1, 0.15) is 11.5 Å². The molecule has 1 aliphatic rings. The number of halogens is 2. The average molecular weight is 398 g/mol. The number of benzene rings is 2. The van der Waals surface area contributed by atoms with Crippen LogP contribution in [-0.2, 0) is 0 Å². The summed E-state index contributed by atoms with van der Waals surface area (Å²) in [7, 11) is 0. The molecule has 2 aromatic carbocycles. The molecule has 3 rings (SSSR count). The third-order valence-electron chi connectivity index (χ3n) is 3.64. The maximum atomic E-state index is 12.3. The predicted molar refractivity (Wildman–Crippen MR) is 96.4 cm³/mol. The van der Waals surface area contributed by atoms with Crippen molar-refractivity contribution < 1.29 is 9.53 Å². The fourth-order valence-electron chi connectivity index (χ4n) is 2.49. The Balaban J connectivity index is 0.00000192. The van der Waals surface area contributed by atoms with E-state index in [0.29, 0.717) is 17.9 Å². The van der Waals surface area contributed by atoms with Gasteiger partial charge in [0.05, 0.1) is 0 Å². The summed E-state index contributed by atoms with van der Waals surface area (Å²) >= 11 is 3.41. The van der Waals surface area contributed by atoms with Gasteiger partial charge >= 0.3 is 0 Å². The van der Waals surface area contributed by atoms with Gasteiger partial charge in [-0.2, -0.15) is 0 Å². The number of hydrogen-bond acceptors (Lipinski definition) is 3. The molecule has 2 N–H and O–H groups in total. The molecule has 1 aliphatic heterocycles. The van der Waals surface area contributed by atoms with Crippen LogP contribution in [-0.4, -0.2) is 29.9 Å². The Morgan fingerprint density at radius 3 is 2.52 bits per heavy atom. The zero-order valence-corrected chi connectivity index (χ0v) is 14.8. The van der Waals surface area contributed by atoms with Gasteiger partial charge in [-0.15, -0.1) is 12.4 Å². The second-order valence-electron chi connectivity index (χ2n) is 5.38. The average Bonchev–Trinajstić information content (AvgIpc) is 2.94. The number of hydrogen-bond donors (Lipinski definition) is 1. The molecule has 0 radical (unpaired) electrons. The lowest BCUT2D eigenvalue weighted by atomic mass is 10.2. The summed E-state index contributed by atoms with van der Waals surface area (Å²) in [6.45, 7) is 1.37. The molecular formula is C17H18BrClN2O2.